The third kappa shape index (κ3) is 2.24. The molecule has 5 aliphatic heterocycles. The maximum atomic E-state index is 13.9. The Labute approximate surface area is 204 Å². The van der Waals surface area contributed by atoms with E-state index in [1.165, 1.54) is 11.1 Å². The van der Waals surface area contributed by atoms with Gasteiger partial charge in [-0.25, -0.2) is 0 Å². The third-order valence-corrected chi connectivity index (χ3v) is 9.51. The molecule has 2 aromatic rings. The SMILES string of the molecule is Cc1cccc(C)c1-c1ccc2c(c1)[N+]([O-])=C1C2=C[C@@]23NC(=O)[C@]4(CCCN4C2=O)CC3C1(C)C. The van der Waals surface area contributed by atoms with Crippen LogP contribution in [0.4, 0.5) is 5.69 Å². The second kappa shape index (κ2) is 6.23. The molecule has 35 heavy (non-hydrogen) atoms. The fraction of sp³-hybridized carbons (Fsp3) is 0.414. The molecule has 5 heterocycles. The van der Waals surface area contributed by atoms with Gasteiger partial charge in [-0.05, 0) is 81.4 Å². The number of allylic oxidation sites excluding steroid dienone is 1. The molecule has 0 radical (unpaired) electrons. The molecule has 4 saturated heterocycles. The number of hydrogen-bond acceptors (Lipinski definition) is 3. The van der Waals surface area contributed by atoms with E-state index < -0.39 is 16.5 Å². The third-order valence-electron chi connectivity index (χ3n) is 9.51. The summed E-state index contributed by atoms with van der Waals surface area (Å²) in [4.78, 5) is 29.1. The number of benzene rings is 2. The van der Waals surface area contributed by atoms with Gasteiger partial charge in [0.05, 0.1) is 16.6 Å². The monoisotopic (exact) mass is 467 g/mol. The minimum absolute atomic E-state index is 0.0106. The van der Waals surface area contributed by atoms with Gasteiger partial charge < -0.3 is 15.4 Å². The number of hydrogen-bond donors (Lipinski definition) is 1. The zero-order valence-corrected chi connectivity index (χ0v) is 20.6. The number of rotatable bonds is 1. The number of fused-ring (bicyclic) bond motifs is 4. The Bertz CT molecular complexity index is 1430. The number of carbonyl (C=O) groups is 2. The van der Waals surface area contributed by atoms with E-state index in [-0.39, 0.29) is 17.7 Å². The minimum Gasteiger partial charge on any atom is -0.618 e. The Morgan fingerprint density at radius 3 is 2.60 bits per heavy atom. The average Bonchev–Trinajstić information content (AvgIpc) is 3.36. The van der Waals surface area contributed by atoms with Crippen molar-refractivity contribution in [2.75, 3.05) is 6.54 Å². The van der Waals surface area contributed by atoms with Crippen LogP contribution in [0.5, 0.6) is 0 Å². The first kappa shape index (κ1) is 20.9. The standard InChI is InChI=1S/C29H29N3O3/c1-16-7-5-8-17(2)23(16)18-9-10-19-20-14-29-22(27(3,4)24(20)32(35)21(19)13-18)15-28(25(33)30-29)11-6-12-31(28)26(29)34/h5,7-10,13-14,22H,6,11-12,15H2,1-4H3,(H,30,33)/t22?,28-,29-/m0/s1. The second-order valence-electron chi connectivity index (χ2n) is 11.6. The number of piperazine rings is 1. The van der Waals surface area contributed by atoms with Gasteiger partial charge in [0.1, 0.15) is 11.1 Å². The van der Waals surface area contributed by atoms with Crippen LogP contribution in [0, 0.1) is 30.4 Å². The summed E-state index contributed by atoms with van der Waals surface area (Å²) in [6.45, 7) is 8.95. The molecule has 6 heteroatoms. The zero-order valence-electron chi connectivity index (χ0n) is 20.6. The van der Waals surface area contributed by atoms with Crippen LogP contribution in [0.2, 0.25) is 0 Å². The number of carbonyl (C=O) groups excluding carboxylic acids is 2. The van der Waals surface area contributed by atoms with Gasteiger partial charge in [-0.3, -0.25) is 9.59 Å². The first-order valence-electron chi connectivity index (χ1n) is 12.6. The molecule has 1 unspecified atom stereocenters. The molecule has 1 N–H and O–H groups in total. The lowest BCUT2D eigenvalue weighted by molar-refractivity contribution is -0.362. The van der Waals surface area contributed by atoms with Gasteiger partial charge in [-0.2, -0.15) is 4.74 Å². The van der Waals surface area contributed by atoms with Crippen LogP contribution in [-0.2, 0) is 9.59 Å². The smallest absolute Gasteiger partial charge is 0.253 e. The summed E-state index contributed by atoms with van der Waals surface area (Å²) >= 11 is 0. The van der Waals surface area contributed by atoms with E-state index in [4.69, 9.17) is 0 Å². The highest BCUT2D eigenvalue weighted by Crippen LogP contribution is 2.60. The van der Waals surface area contributed by atoms with E-state index in [0.717, 1.165) is 33.4 Å². The van der Waals surface area contributed by atoms with Crippen LogP contribution in [0.1, 0.15) is 49.8 Å². The number of nitrogens with one attached hydrogen (secondary N) is 1. The summed E-state index contributed by atoms with van der Waals surface area (Å²) in [5, 5.41) is 17.1. The van der Waals surface area contributed by atoms with Crippen molar-refractivity contribution in [2.45, 2.75) is 58.0 Å². The largest absolute Gasteiger partial charge is 0.618 e. The Morgan fingerprint density at radius 2 is 1.86 bits per heavy atom. The highest BCUT2D eigenvalue weighted by Gasteiger charge is 2.73. The highest BCUT2D eigenvalue weighted by atomic mass is 16.5. The van der Waals surface area contributed by atoms with Crippen LogP contribution in [-0.4, -0.2) is 44.8 Å². The molecule has 1 aliphatic carbocycles. The van der Waals surface area contributed by atoms with Crippen molar-refractivity contribution in [1.29, 1.82) is 0 Å². The normalized spacial score (nSPS) is 31.6. The molecule has 4 fully saturated rings. The molecule has 2 amide bonds. The first-order chi connectivity index (χ1) is 16.6. The summed E-state index contributed by atoms with van der Waals surface area (Å²) in [6.07, 6.45) is 4.05. The molecule has 2 aromatic carbocycles. The molecule has 8 rings (SSSR count). The topological polar surface area (TPSA) is 75.5 Å². The van der Waals surface area contributed by atoms with Crippen molar-refractivity contribution in [2.24, 2.45) is 11.3 Å². The van der Waals surface area contributed by atoms with Crippen molar-refractivity contribution < 1.29 is 14.3 Å². The Hall–Kier alpha value is -3.41. The Kier molecular flexibility index (Phi) is 3.72. The fourth-order valence-electron chi connectivity index (χ4n) is 7.91. The van der Waals surface area contributed by atoms with Crippen LogP contribution in [0.15, 0.2) is 42.5 Å². The Balaban J connectivity index is 1.45. The quantitative estimate of drug-likeness (QED) is 0.504. The van der Waals surface area contributed by atoms with Crippen molar-refractivity contribution in [3.63, 3.8) is 0 Å². The Morgan fingerprint density at radius 1 is 1.11 bits per heavy atom. The maximum Gasteiger partial charge on any atom is 0.253 e. The zero-order chi connectivity index (χ0) is 24.5. The molecule has 6 nitrogen and oxygen atoms in total. The van der Waals surface area contributed by atoms with Gasteiger partial charge in [-0.15, -0.1) is 0 Å². The van der Waals surface area contributed by atoms with E-state index in [1.807, 2.05) is 29.2 Å². The molecule has 178 valence electrons. The first-order valence-corrected chi connectivity index (χ1v) is 12.6. The summed E-state index contributed by atoms with van der Waals surface area (Å²) in [7, 11) is 0. The van der Waals surface area contributed by atoms with Crippen molar-refractivity contribution in [3.05, 3.63) is 64.4 Å². The van der Waals surface area contributed by atoms with Gasteiger partial charge in [0.2, 0.25) is 17.3 Å². The van der Waals surface area contributed by atoms with Crippen LogP contribution in [0.3, 0.4) is 0 Å². The molecule has 6 aliphatic rings. The van der Waals surface area contributed by atoms with Crippen molar-refractivity contribution in [3.8, 4) is 11.1 Å². The second-order valence-corrected chi connectivity index (χ2v) is 11.6. The van der Waals surface area contributed by atoms with Gasteiger partial charge >= 0.3 is 0 Å². The maximum absolute atomic E-state index is 13.9. The molecule has 2 bridgehead atoms. The minimum atomic E-state index is -1.10. The van der Waals surface area contributed by atoms with Gasteiger partial charge in [0, 0.05) is 18.5 Å². The lowest BCUT2D eigenvalue weighted by atomic mass is 9.51. The molecule has 3 atom stereocenters. The van der Waals surface area contributed by atoms with Crippen LogP contribution in [0.25, 0.3) is 16.7 Å². The number of piperidine rings is 2. The predicted octanol–water partition coefficient (Wildman–Crippen LogP) is 4.24. The van der Waals surface area contributed by atoms with E-state index in [0.29, 0.717) is 30.8 Å². The highest BCUT2D eigenvalue weighted by molar-refractivity contribution is 6.30. The van der Waals surface area contributed by atoms with Gasteiger partial charge in [-0.1, -0.05) is 24.3 Å². The summed E-state index contributed by atoms with van der Waals surface area (Å²) in [5.41, 5.74) is 4.97. The van der Waals surface area contributed by atoms with Gasteiger partial charge in [0.15, 0.2) is 0 Å². The molecule has 0 saturated carbocycles. The predicted molar refractivity (Wildman–Crippen MR) is 134 cm³/mol. The van der Waals surface area contributed by atoms with E-state index in [1.54, 1.807) is 0 Å². The molecular weight excluding hydrogens is 438 g/mol. The van der Waals surface area contributed by atoms with E-state index in [2.05, 4.69) is 51.2 Å². The van der Waals surface area contributed by atoms with Crippen molar-refractivity contribution >= 4 is 28.8 Å². The van der Waals surface area contributed by atoms with E-state index >= 15 is 0 Å². The number of amides is 2. The average molecular weight is 468 g/mol. The summed E-state index contributed by atoms with van der Waals surface area (Å²) in [5.74, 6) is -0.217. The fourth-order valence-corrected chi connectivity index (χ4v) is 7.91. The van der Waals surface area contributed by atoms with Crippen molar-refractivity contribution in [1.82, 2.24) is 10.2 Å². The number of aryl methyl sites for hydroxylation is 2. The molecule has 0 aromatic heterocycles. The lowest BCUT2D eigenvalue weighted by Crippen LogP contribution is -2.83. The molecule has 2 spiro atoms. The lowest BCUT2D eigenvalue weighted by Gasteiger charge is -2.62. The van der Waals surface area contributed by atoms with Gasteiger partial charge in [0.25, 0.3) is 5.91 Å². The molecular formula is C29H29N3O3. The van der Waals surface area contributed by atoms with E-state index in [9.17, 15) is 14.8 Å². The summed E-state index contributed by atoms with van der Waals surface area (Å²) < 4.78 is 1.09. The summed E-state index contributed by atoms with van der Waals surface area (Å²) in [6, 6.07) is 12.3. The van der Waals surface area contributed by atoms with Crippen LogP contribution >= 0.6 is 0 Å². The van der Waals surface area contributed by atoms with Crippen LogP contribution < -0.4 is 5.32 Å². The number of nitrogens with zero attached hydrogens (tertiary/aromatic N) is 2.